The van der Waals surface area contributed by atoms with E-state index in [4.69, 9.17) is 11.6 Å². The van der Waals surface area contributed by atoms with Gasteiger partial charge in [-0.2, -0.15) is 0 Å². The summed E-state index contributed by atoms with van der Waals surface area (Å²) in [4.78, 5) is 30.1. The van der Waals surface area contributed by atoms with Crippen LogP contribution in [0.3, 0.4) is 0 Å². The SMILES string of the molecule is CC(C)c1ccc(NC(=O)[C@@H]2CC(=O)N(CCc3c[nH]c4ccc(Cl)cc34)C2)cc1. The summed E-state index contributed by atoms with van der Waals surface area (Å²) in [5.41, 5.74) is 4.15. The number of fused-ring (bicyclic) bond motifs is 1. The number of aromatic nitrogens is 1. The summed E-state index contributed by atoms with van der Waals surface area (Å²) in [5.74, 6) is 0.0637. The van der Waals surface area contributed by atoms with Gasteiger partial charge in [-0.05, 0) is 53.8 Å². The standard InChI is InChI=1S/C24H26ClN3O2/c1-15(2)16-3-6-20(7-4-16)27-24(30)18-11-23(29)28(14-18)10-9-17-13-26-22-8-5-19(25)12-21(17)22/h3-8,12-13,15,18,26H,9-11,14H2,1-2H3,(H,27,30)/t18-/m1/s1. The fraction of sp³-hybridized carbons (Fsp3) is 0.333. The Morgan fingerprint density at radius 3 is 2.73 bits per heavy atom. The van der Waals surface area contributed by atoms with Crippen molar-refractivity contribution in [1.29, 1.82) is 0 Å². The van der Waals surface area contributed by atoms with E-state index in [0.29, 0.717) is 24.0 Å². The van der Waals surface area contributed by atoms with E-state index >= 15 is 0 Å². The number of nitrogens with zero attached hydrogens (tertiary/aromatic N) is 1. The lowest BCUT2D eigenvalue weighted by Crippen LogP contribution is -2.30. The molecular formula is C24H26ClN3O2. The van der Waals surface area contributed by atoms with Gasteiger partial charge in [-0.25, -0.2) is 0 Å². The minimum Gasteiger partial charge on any atom is -0.361 e. The van der Waals surface area contributed by atoms with Gasteiger partial charge in [-0.3, -0.25) is 9.59 Å². The summed E-state index contributed by atoms with van der Waals surface area (Å²) in [5, 5.41) is 4.72. The molecule has 2 N–H and O–H groups in total. The van der Waals surface area contributed by atoms with Gasteiger partial charge in [0.2, 0.25) is 11.8 Å². The van der Waals surface area contributed by atoms with Crippen LogP contribution >= 0.6 is 11.6 Å². The Balaban J connectivity index is 1.35. The summed E-state index contributed by atoms with van der Waals surface area (Å²) in [6.45, 7) is 5.32. The topological polar surface area (TPSA) is 65.2 Å². The van der Waals surface area contributed by atoms with E-state index in [0.717, 1.165) is 28.6 Å². The van der Waals surface area contributed by atoms with Crippen molar-refractivity contribution in [3.8, 4) is 0 Å². The molecule has 2 amide bonds. The van der Waals surface area contributed by atoms with E-state index in [9.17, 15) is 9.59 Å². The number of carbonyl (C=O) groups is 2. The van der Waals surface area contributed by atoms with E-state index in [-0.39, 0.29) is 24.2 Å². The number of carbonyl (C=O) groups excluding carboxylic acids is 2. The highest BCUT2D eigenvalue weighted by molar-refractivity contribution is 6.31. The molecule has 2 heterocycles. The second-order valence-electron chi connectivity index (χ2n) is 8.26. The lowest BCUT2D eigenvalue weighted by molar-refractivity contribution is -0.128. The largest absolute Gasteiger partial charge is 0.361 e. The van der Waals surface area contributed by atoms with Crippen LogP contribution in [-0.4, -0.2) is 34.8 Å². The van der Waals surface area contributed by atoms with Crippen LogP contribution in [0, 0.1) is 5.92 Å². The van der Waals surface area contributed by atoms with Crippen LogP contribution in [0.15, 0.2) is 48.7 Å². The van der Waals surface area contributed by atoms with Crippen LogP contribution in [0.25, 0.3) is 10.9 Å². The predicted molar refractivity (Wildman–Crippen MR) is 121 cm³/mol. The van der Waals surface area contributed by atoms with Crippen LogP contribution in [0.4, 0.5) is 5.69 Å². The highest BCUT2D eigenvalue weighted by atomic mass is 35.5. The third-order valence-electron chi connectivity index (χ3n) is 5.81. The second kappa shape index (κ2) is 8.52. The molecule has 0 radical (unpaired) electrons. The molecule has 156 valence electrons. The number of halogens is 1. The molecule has 1 atom stereocenters. The fourth-order valence-corrected chi connectivity index (χ4v) is 4.14. The van der Waals surface area contributed by atoms with Crippen molar-refractivity contribution >= 4 is 40.0 Å². The first-order chi connectivity index (χ1) is 14.4. The fourth-order valence-electron chi connectivity index (χ4n) is 3.97. The Morgan fingerprint density at radius 2 is 2.00 bits per heavy atom. The number of nitrogens with one attached hydrogen (secondary N) is 2. The second-order valence-corrected chi connectivity index (χ2v) is 8.70. The number of aromatic amines is 1. The molecule has 0 bridgehead atoms. The van der Waals surface area contributed by atoms with Crippen LogP contribution in [-0.2, 0) is 16.0 Å². The van der Waals surface area contributed by atoms with Crippen molar-refractivity contribution in [2.75, 3.05) is 18.4 Å². The maximum absolute atomic E-state index is 12.7. The Kier molecular flexibility index (Phi) is 5.82. The quantitative estimate of drug-likeness (QED) is 0.587. The van der Waals surface area contributed by atoms with Gasteiger partial charge in [-0.1, -0.05) is 37.6 Å². The summed E-state index contributed by atoms with van der Waals surface area (Å²) >= 11 is 6.12. The van der Waals surface area contributed by atoms with Crippen molar-refractivity contribution in [3.05, 3.63) is 64.8 Å². The zero-order valence-electron chi connectivity index (χ0n) is 17.2. The molecule has 6 heteroatoms. The third-order valence-corrected chi connectivity index (χ3v) is 6.05. The van der Waals surface area contributed by atoms with Gasteiger partial charge in [0, 0.05) is 47.3 Å². The van der Waals surface area contributed by atoms with Crippen LogP contribution in [0.5, 0.6) is 0 Å². The summed E-state index contributed by atoms with van der Waals surface area (Å²) < 4.78 is 0. The molecule has 2 aromatic carbocycles. The zero-order valence-corrected chi connectivity index (χ0v) is 18.0. The molecule has 30 heavy (non-hydrogen) atoms. The molecule has 0 aliphatic carbocycles. The number of amides is 2. The minimum absolute atomic E-state index is 0.0307. The van der Waals surface area contributed by atoms with Gasteiger partial charge in [0.25, 0.3) is 0 Å². The van der Waals surface area contributed by atoms with Gasteiger partial charge in [0.1, 0.15) is 0 Å². The van der Waals surface area contributed by atoms with Gasteiger partial charge in [0.05, 0.1) is 5.92 Å². The van der Waals surface area contributed by atoms with Gasteiger partial charge < -0.3 is 15.2 Å². The molecule has 1 aromatic heterocycles. The molecule has 1 saturated heterocycles. The average molecular weight is 424 g/mol. The van der Waals surface area contributed by atoms with Gasteiger partial charge in [0.15, 0.2) is 0 Å². The van der Waals surface area contributed by atoms with Crippen molar-refractivity contribution in [2.45, 2.75) is 32.6 Å². The molecule has 5 nitrogen and oxygen atoms in total. The molecule has 1 fully saturated rings. The monoisotopic (exact) mass is 423 g/mol. The van der Waals surface area contributed by atoms with Gasteiger partial charge >= 0.3 is 0 Å². The number of anilines is 1. The molecule has 3 aromatic rings. The number of hydrogen-bond donors (Lipinski definition) is 2. The molecule has 1 aliphatic rings. The van der Waals surface area contributed by atoms with Crippen molar-refractivity contribution in [2.24, 2.45) is 5.92 Å². The van der Waals surface area contributed by atoms with Crippen molar-refractivity contribution in [1.82, 2.24) is 9.88 Å². The van der Waals surface area contributed by atoms with Crippen molar-refractivity contribution in [3.63, 3.8) is 0 Å². The zero-order chi connectivity index (χ0) is 21.3. The van der Waals surface area contributed by atoms with Crippen molar-refractivity contribution < 1.29 is 9.59 Å². The average Bonchev–Trinajstić information content (AvgIpc) is 3.29. The Bertz CT molecular complexity index is 1070. The highest BCUT2D eigenvalue weighted by Gasteiger charge is 2.34. The predicted octanol–water partition coefficient (Wildman–Crippen LogP) is 4.97. The van der Waals surface area contributed by atoms with Crippen LogP contribution in [0.2, 0.25) is 5.02 Å². The van der Waals surface area contributed by atoms with E-state index < -0.39 is 0 Å². The third kappa shape index (κ3) is 4.36. The summed E-state index contributed by atoms with van der Waals surface area (Å²) in [6, 6.07) is 13.6. The molecule has 0 spiro atoms. The van der Waals surface area contributed by atoms with E-state index in [1.165, 1.54) is 5.56 Å². The lowest BCUT2D eigenvalue weighted by Gasteiger charge is -2.16. The Hall–Kier alpha value is -2.79. The molecular weight excluding hydrogens is 398 g/mol. The molecule has 0 unspecified atom stereocenters. The number of benzene rings is 2. The highest BCUT2D eigenvalue weighted by Crippen LogP contribution is 2.25. The first-order valence-corrected chi connectivity index (χ1v) is 10.7. The molecule has 1 aliphatic heterocycles. The molecule has 4 rings (SSSR count). The minimum atomic E-state index is -0.320. The summed E-state index contributed by atoms with van der Waals surface area (Å²) in [6.07, 6.45) is 2.94. The van der Waals surface area contributed by atoms with E-state index in [1.54, 1.807) is 4.90 Å². The van der Waals surface area contributed by atoms with Crippen LogP contribution in [0.1, 0.15) is 37.3 Å². The van der Waals surface area contributed by atoms with E-state index in [2.05, 4.69) is 24.1 Å². The maximum atomic E-state index is 12.7. The number of H-pyrrole nitrogens is 1. The first-order valence-electron chi connectivity index (χ1n) is 10.3. The van der Waals surface area contributed by atoms with Crippen LogP contribution < -0.4 is 5.32 Å². The smallest absolute Gasteiger partial charge is 0.229 e. The van der Waals surface area contributed by atoms with E-state index in [1.807, 2.05) is 48.7 Å². The first kappa shape index (κ1) is 20.5. The number of rotatable bonds is 6. The normalized spacial score (nSPS) is 16.6. The summed E-state index contributed by atoms with van der Waals surface area (Å²) in [7, 11) is 0. The maximum Gasteiger partial charge on any atom is 0.229 e. The Morgan fingerprint density at radius 1 is 1.23 bits per heavy atom. The van der Waals surface area contributed by atoms with Gasteiger partial charge in [-0.15, -0.1) is 0 Å². The Labute approximate surface area is 181 Å². The number of likely N-dealkylation sites (tertiary alicyclic amines) is 1. The lowest BCUT2D eigenvalue weighted by atomic mass is 10.0. The molecule has 0 saturated carbocycles. The number of hydrogen-bond acceptors (Lipinski definition) is 2.